The molecule has 8 nitrogen and oxygen atoms in total. The van der Waals surface area contributed by atoms with Crippen LogP contribution >= 0.6 is 0 Å². The lowest BCUT2D eigenvalue weighted by Gasteiger charge is -2.13. The molecule has 2 N–H and O–H groups in total. The second-order valence-electron chi connectivity index (χ2n) is 6.81. The molecule has 0 spiro atoms. The monoisotopic (exact) mass is 389 g/mol. The third-order valence-electron chi connectivity index (χ3n) is 4.58. The number of rotatable bonds is 6. The Morgan fingerprint density at radius 3 is 2.66 bits per heavy atom. The van der Waals surface area contributed by atoms with Crippen LogP contribution in [-0.2, 0) is 0 Å². The van der Waals surface area contributed by atoms with E-state index in [1.54, 1.807) is 19.5 Å². The number of ether oxygens (including phenoxy) is 1. The molecule has 0 saturated carbocycles. The molecular formula is C21H23N7O. The summed E-state index contributed by atoms with van der Waals surface area (Å²) in [7, 11) is 3.48. The number of methoxy groups -OCH3 is 1. The SMILES string of the molecule is CNc1cc(-c2nc3cnc(Nc4ccccc4OC)nc3n2C(C)C)ccn1. The van der Waals surface area contributed by atoms with Crippen LogP contribution in [0.15, 0.2) is 48.8 Å². The quantitative estimate of drug-likeness (QED) is 0.509. The average molecular weight is 389 g/mol. The number of nitrogens with one attached hydrogen (secondary N) is 2. The Kier molecular flexibility index (Phi) is 4.99. The Hall–Kier alpha value is -3.68. The van der Waals surface area contributed by atoms with Crippen LogP contribution in [0.5, 0.6) is 5.75 Å². The van der Waals surface area contributed by atoms with Gasteiger partial charge in [-0.05, 0) is 38.1 Å². The second-order valence-corrected chi connectivity index (χ2v) is 6.81. The van der Waals surface area contributed by atoms with Gasteiger partial charge in [-0.1, -0.05) is 12.1 Å². The van der Waals surface area contributed by atoms with Gasteiger partial charge in [-0.25, -0.2) is 15.0 Å². The zero-order valence-electron chi connectivity index (χ0n) is 16.8. The molecular weight excluding hydrogens is 366 g/mol. The first-order chi connectivity index (χ1) is 14.1. The Labute approximate surface area is 169 Å². The Morgan fingerprint density at radius 1 is 1.07 bits per heavy atom. The van der Waals surface area contributed by atoms with E-state index in [-0.39, 0.29) is 6.04 Å². The van der Waals surface area contributed by atoms with Crippen LogP contribution in [0.4, 0.5) is 17.5 Å². The molecule has 0 atom stereocenters. The predicted molar refractivity (Wildman–Crippen MR) is 115 cm³/mol. The summed E-state index contributed by atoms with van der Waals surface area (Å²) in [4.78, 5) is 18.3. The Morgan fingerprint density at radius 2 is 1.90 bits per heavy atom. The first kappa shape index (κ1) is 18.7. The van der Waals surface area contributed by atoms with Crippen LogP contribution in [0.2, 0.25) is 0 Å². The minimum Gasteiger partial charge on any atom is -0.495 e. The van der Waals surface area contributed by atoms with Crippen molar-refractivity contribution in [2.45, 2.75) is 19.9 Å². The number of aromatic nitrogens is 5. The van der Waals surface area contributed by atoms with Gasteiger partial charge in [0.05, 0.1) is 19.0 Å². The maximum Gasteiger partial charge on any atom is 0.229 e. The lowest BCUT2D eigenvalue weighted by atomic mass is 10.2. The van der Waals surface area contributed by atoms with E-state index < -0.39 is 0 Å². The van der Waals surface area contributed by atoms with Gasteiger partial charge in [0.2, 0.25) is 5.95 Å². The maximum absolute atomic E-state index is 5.40. The third-order valence-corrected chi connectivity index (χ3v) is 4.58. The van der Waals surface area contributed by atoms with Gasteiger partial charge >= 0.3 is 0 Å². The fraction of sp³-hybridized carbons (Fsp3) is 0.238. The van der Waals surface area contributed by atoms with Crippen molar-refractivity contribution in [3.8, 4) is 17.1 Å². The topological polar surface area (TPSA) is 89.8 Å². The normalized spacial score (nSPS) is 11.1. The highest BCUT2D eigenvalue weighted by molar-refractivity contribution is 5.79. The summed E-state index contributed by atoms with van der Waals surface area (Å²) < 4.78 is 7.51. The molecule has 0 radical (unpaired) electrons. The lowest BCUT2D eigenvalue weighted by molar-refractivity contribution is 0.417. The standard InChI is InChI=1S/C21H23N7O/c1-13(2)28-19(14-9-10-23-18(11-14)22-3)25-16-12-24-21(27-20(16)28)26-15-7-5-6-8-17(15)29-4/h5-13H,1-4H3,(H,22,23)(H,24,26,27). The Balaban J connectivity index is 1.81. The molecule has 8 heteroatoms. The minimum absolute atomic E-state index is 0.162. The molecule has 4 aromatic rings. The summed E-state index contributed by atoms with van der Waals surface area (Å²) in [5.41, 5.74) is 3.28. The molecule has 0 bridgehead atoms. The van der Waals surface area contributed by atoms with Crippen molar-refractivity contribution in [2.24, 2.45) is 0 Å². The summed E-state index contributed by atoms with van der Waals surface area (Å²) in [5, 5.41) is 6.31. The van der Waals surface area contributed by atoms with Crippen molar-refractivity contribution in [3.05, 3.63) is 48.8 Å². The van der Waals surface area contributed by atoms with Gasteiger partial charge in [-0.15, -0.1) is 0 Å². The van der Waals surface area contributed by atoms with Crippen molar-refractivity contribution < 1.29 is 4.74 Å². The van der Waals surface area contributed by atoms with Gasteiger partial charge in [-0.3, -0.25) is 0 Å². The summed E-state index contributed by atoms with van der Waals surface area (Å²) >= 11 is 0. The van der Waals surface area contributed by atoms with Crippen LogP contribution in [-0.4, -0.2) is 38.7 Å². The van der Waals surface area contributed by atoms with Gasteiger partial charge in [0.15, 0.2) is 5.65 Å². The molecule has 0 amide bonds. The smallest absolute Gasteiger partial charge is 0.229 e. The fourth-order valence-corrected chi connectivity index (χ4v) is 3.22. The molecule has 148 valence electrons. The van der Waals surface area contributed by atoms with E-state index in [1.165, 1.54) is 0 Å². The molecule has 0 aliphatic carbocycles. The average Bonchev–Trinajstić information content (AvgIpc) is 3.13. The van der Waals surface area contributed by atoms with Crippen molar-refractivity contribution >= 4 is 28.6 Å². The number of para-hydroxylation sites is 2. The molecule has 0 saturated heterocycles. The largest absolute Gasteiger partial charge is 0.495 e. The van der Waals surface area contributed by atoms with Crippen LogP contribution in [0.1, 0.15) is 19.9 Å². The molecule has 0 unspecified atom stereocenters. The van der Waals surface area contributed by atoms with Crippen molar-refractivity contribution in [3.63, 3.8) is 0 Å². The van der Waals surface area contributed by atoms with Gasteiger partial charge < -0.3 is 19.9 Å². The molecule has 3 aromatic heterocycles. The molecule has 0 aliphatic heterocycles. The van der Waals surface area contributed by atoms with E-state index in [0.717, 1.165) is 39.8 Å². The van der Waals surface area contributed by atoms with E-state index in [1.807, 2.05) is 43.4 Å². The maximum atomic E-state index is 5.40. The van der Waals surface area contributed by atoms with Gasteiger partial charge in [0.25, 0.3) is 0 Å². The van der Waals surface area contributed by atoms with Crippen molar-refractivity contribution in [1.29, 1.82) is 0 Å². The molecule has 0 aliphatic rings. The minimum atomic E-state index is 0.162. The number of fused-ring (bicyclic) bond motifs is 1. The molecule has 29 heavy (non-hydrogen) atoms. The molecule has 1 aromatic carbocycles. The van der Waals surface area contributed by atoms with Crippen molar-refractivity contribution in [2.75, 3.05) is 24.8 Å². The molecule has 4 rings (SSSR count). The number of nitrogens with zero attached hydrogens (tertiary/aromatic N) is 5. The van der Waals surface area contributed by atoms with E-state index in [2.05, 4.69) is 39.0 Å². The predicted octanol–water partition coefficient (Wildman–Crippen LogP) is 4.26. The van der Waals surface area contributed by atoms with E-state index >= 15 is 0 Å². The zero-order chi connectivity index (χ0) is 20.4. The molecule has 0 fully saturated rings. The Bertz CT molecular complexity index is 1150. The highest BCUT2D eigenvalue weighted by Crippen LogP contribution is 2.30. The van der Waals surface area contributed by atoms with Gasteiger partial charge in [0.1, 0.15) is 22.9 Å². The highest BCUT2D eigenvalue weighted by atomic mass is 16.5. The fourth-order valence-electron chi connectivity index (χ4n) is 3.22. The number of imidazole rings is 1. The summed E-state index contributed by atoms with van der Waals surface area (Å²) in [6.07, 6.45) is 3.51. The first-order valence-electron chi connectivity index (χ1n) is 9.40. The van der Waals surface area contributed by atoms with Crippen LogP contribution in [0, 0.1) is 0 Å². The highest BCUT2D eigenvalue weighted by Gasteiger charge is 2.18. The number of pyridine rings is 1. The first-order valence-corrected chi connectivity index (χ1v) is 9.40. The van der Waals surface area contributed by atoms with E-state index in [4.69, 9.17) is 14.7 Å². The summed E-state index contributed by atoms with van der Waals surface area (Å²) in [6.45, 7) is 4.22. The number of hydrogen-bond acceptors (Lipinski definition) is 7. The number of anilines is 3. The van der Waals surface area contributed by atoms with E-state index in [9.17, 15) is 0 Å². The number of hydrogen-bond donors (Lipinski definition) is 2. The van der Waals surface area contributed by atoms with Gasteiger partial charge in [0, 0.05) is 24.8 Å². The molecule has 3 heterocycles. The number of benzene rings is 1. The van der Waals surface area contributed by atoms with Gasteiger partial charge in [-0.2, -0.15) is 4.98 Å². The van der Waals surface area contributed by atoms with Crippen LogP contribution in [0.25, 0.3) is 22.6 Å². The summed E-state index contributed by atoms with van der Waals surface area (Å²) in [6, 6.07) is 11.7. The lowest BCUT2D eigenvalue weighted by Crippen LogP contribution is -2.06. The van der Waals surface area contributed by atoms with Crippen LogP contribution < -0.4 is 15.4 Å². The zero-order valence-corrected chi connectivity index (χ0v) is 16.8. The van der Waals surface area contributed by atoms with E-state index in [0.29, 0.717) is 5.95 Å². The van der Waals surface area contributed by atoms with Crippen molar-refractivity contribution in [1.82, 2.24) is 24.5 Å². The summed E-state index contributed by atoms with van der Waals surface area (Å²) in [5.74, 6) is 2.83. The van der Waals surface area contributed by atoms with Crippen LogP contribution in [0.3, 0.4) is 0 Å². The third kappa shape index (κ3) is 3.56. The second kappa shape index (κ2) is 7.75.